The summed E-state index contributed by atoms with van der Waals surface area (Å²) in [4.78, 5) is 7.53. The quantitative estimate of drug-likeness (QED) is 0.852. The van der Waals surface area contributed by atoms with Crippen LogP contribution in [0, 0.1) is 0 Å². The minimum Gasteiger partial charge on any atom is -0.480 e. The van der Waals surface area contributed by atoms with Gasteiger partial charge in [-0.05, 0) is 20.9 Å². The fourth-order valence-corrected chi connectivity index (χ4v) is 2.20. The predicted octanol–water partition coefficient (Wildman–Crippen LogP) is 1.67. The molecule has 0 radical (unpaired) electrons. The molecule has 0 aliphatic rings. The Morgan fingerprint density at radius 3 is 2.40 bits per heavy atom. The summed E-state index contributed by atoms with van der Waals surface area (Å²) in [5.41, 5.74) is -0.114. The number of rotatable bonds is 4. The molecule has 0 aliphatic heterocycles. The first kappa shape index (κ1) is 12.3. The zero-order valence-electron chi connectivity index (χ0n) is 10.2. The van der Waals surface area contributed by atoms with Crippen LogP contribution in [0.2, 0.25) is 0 Å². The van der Waals surface area contributed by atoms with Gasteiger partial charge in [-0.2, -0.15) is 4.98 Å². The second-order valence-electron chi connectivity index (χ2n) is 4.10. The minimum absolute atomic E-state index is 0.114. The van der Waals surface area contributed by atoms with Crippen molar-refractivity contribution in [1.29, 1.82) is 0 Å². The van der Waals surface area contributed by atoms with Gasteiger partial charge in [0.2, 0.25) is 5.88 Å². The number of methoxy groups -OCH3 is 1. The van der Waals surface area contributed by atoms with Crippen molar-refractivity contribution in [1.82, 2.24) is 10.3 Å². The SMILES string of the molecule is CNC(C)(C)c1sc(N(C)C)nc1OC. The highest BCUT2D eigenvalue weighted by molar-refractivity contribution is 7.16. The van der Waals surface area contributed by atoms with Crippen LogP contribution in [0.1, 0.15) is 18.7 Å². The van der Waals surface area contributed by atoms with Crippen LogP contribution in [-0.4, -0.2) is 33.2 Å². The molecule has 0 aromatic carbocycles. The van der Waals surface area contributed by atoms with Gasteiger partial charge in [-0.3, -0.25) is 0 Å². The van der Waals surface area contributed by atoms with E-state index in [4.69, 9.17) is 4.74 Å². The van der Waals surface area contributed by atoms with E-state index in [-0.39, 0.29) is 5.54 Å². The second-order valence-corrected chi connectivity index (χ2v) is 5.08. The molecule has 0 unspecified atom stereocenters. The van der Waals surface area contributed by atoms with E-state index in [1.807, 2.05) is 26.0 Å². The molecule has 1 rings (SSSR count). The van der Waals surface area contributed by atoms with Gasteiger partial charge in [0.1, 0.15) is 0 Å². The van der Waals surface area contributed by atoms with Crippen LogP contribution in [-0.2, 0) is 5.54 Å². The molecule has 1 N–H and O–H groups in total. The zero-order chi connectivity index (χ0) is 11.6. The van der Waals surface area contributed by atoms with E-state index < -0.39 is 0 Å². The molecule has 1 aromatic rings. The number of hydrogen-bond donors (Lipinski definition) is 1. The number of thiazole rings is 1. The lowest BCUT2D eigenvalue weighted by Crippen LogP contribution is -2.32. The highest BCUT2D eigenvalue weighted by Gasteiger charge is 2.27. The number of hydrogen-bond acceptors (Lipinski definition) is 5. The van der Waals surface area contributed by atoms with Gasteiger partial charge in [0.05, 0.1) is 17.5 Å². The second kappa shape index (κ2) is 4.37. The van der Waals surface area contributed by atoms with Gasteiger partial charge < -0.3 is 15.0 Å². The molecule has 0 fully saturated rings. The molecule has 4 nitrogen and oxygen atoms in total. The van der Waals surface area contributed by atoms with Crippen LogP contribution in [0.15, 0.2) is 0 Å². The molecule has 0 saturated carbocycles. The van der Waals surface area contributed by atoms with E-state index >= 15 is 0 Å². The molecule has 0 amide bonds. The van der Waals surface area contributed by atoms with Gasteiger partial charge in [-0.15, -0.1) is 0 Å². The standard InChI is InChI=1S/C10H19N3OS/c1-10(2,11-3)7-8(14-6)12-9(15-7)13(4)5/h11H,1-6H3. The highest BCUT2D eigenvalue weighted by Crippen LogP contribution is 2.37. The first-order chi connectivity index (χ1) is 6.92. The van der Waals surface area contributed by atoms with E-state index in [2.05, 4.69) is 24.1 Å². The molecule has 0 aliphatic carbocycles. The summed E-state index contributed by atoms with van der Waals surface area (Å²) in [7, 11) is 7.56. The average Bonchev–Trinajstić information content (AvgIpc) is 2.62. The Hall–Kier alpha value is -0.810. The number of anilines is 1. The Labute approximate surface area is 95.3 Å². The fraction of sp³-hybridized carbons (Fsp3) is 0.700. The maximum absolute atomic E-state index is 5.30. The summed E-state index contributed by atoms with van der Waals surface area (Å²) in [6.45, 7) is 4.23. The third kappa shape index (κ3) is 2.41. The lowest BCUT2D eigenvalue weighted by atomic mass is 10.0. The summed E-state index contributed by atoms with van der Waals surface area (Å²) < 4.78 is 5.30. The topological polar surface area (TPSA) is 37.4 Å². The summed E-state index contributed by atoms with van der Waals surface area (Å²) in [6.07, 6.45) is 0. The van der Waals surface area contributed by atoms with Crippen molar-refractivity contribution in [3.05, 3.63) is 4.88 Å². The van der Waals surface area contributed by atoms with Crippen molar-refractivity contribution in [2.45, 2.75) is 19.4 Å². The van der Waals surface area contributed by atoms with Crippen molar-refractivity contribution in [2.24, 2.45) is 0 Å². The van der Waals surface area contributed by atoms with E-state index in [0.29, 0.717) is 5.88 Å². The number of nitrogens with one attached hydrogen (secondary N) is 1. The molecule has 86 valence electrons. The van der Waals surface area contributed by atoms with Crippen LogP contribution in [0.5, 0.6) is 5.88 Å². The summed E-state index contributed by atoms with van der Waals surface area (Å²) in [5, 5.41) is 4.22. The molecule has 0 saturated heterocycles. The molecule has 0 atom stereocenters. The summed E-state index contributed by atoms with van der Waals surface area (Å²) >= 11 is 1.65. The maximum atomic E-state index is 5.30. The monoisotopic (exact) mass is 229 g/mol. The third-order valence-electron chi connectivity index (χ3n) is 2.35. The van der Waals surface area contributed by atoms with Crippen LogP contribution >= 0.6 is 11.3 Å². The van der Waals surface area contributed by atoms with Crippen molar-refractivity contribution >= 4 is 16.5 Å². The van der Waals surface area contributed by atoms with Gasteiger partial charge in [-0.25, -0.2) is 0 Å². The normalized spacial score (nSPS) is 11.6. The molecule has 0 bridgehead atoms. The molecule has 5 heteroatoms. The smallest absolute Gasteiger partial charge is 0.231 e. The van der Waals surface area contributed by atoms with E-state index in [0.717, 1.165) is 10.0 Å². The Balaban J connectivity index is 3.16. The van der Waals surface area contributed by atoms with Crippen LogP contribution in [0.4, 0.5) is 5.13 Å². The highest BCUT2D eigenvalue weighted by atomic mass is 32.1. The third-order valence-corrected chi connectivity index (χ3v) is 3.88. The molecule has 15 heavy (non-hydrogen) atoms. The Bertz CT molecular complexity index is 333. The largest absolute Gasteiger partial charge is 0.480 e. The number of nitrogens with zero attached hydrogens (tertiary/aromatic N) is 2. The van der Waals surface area contributed by atoms with E-state index in [1.165, 1.54) is 0 Å². The van der Waals surface area contributed by atoms with Crippen LogP contribution in [0.3, 0.4) is 0 Å². The maximum Gasteiger partial charge on any atom is 0.231 e. The molecular weight excluding hydrogens is 210 g/mol. The Morgan fingerprint density at radius 1 is 1.40 bits per heavy atom. The minimum atomic E-state index is -0.114. The van der Waals surface area contributed by atoms with E-state index in [9.17, 15) is 0 Å². The lowest BCUT2D eigenvalue weighted by molar-refractivity contribution is 0.369. The fourth-order valence-electron chi connectivity index (χ4n) is 1.13. The zero-order valence-corrected chi connectivity index (χ0v) is 11.0. The van der Waals surface area contributed by atoms with Crippen molar-refractivity contribution in [3.8, 4) is 5.88 Å². The number of ether oxygens (including phenoxy) is 1. The van der Waals surface area contributed by atoms with Gasteiger partial charge in [0, 0.05) is 14.1 Å². The molecule has 0 spiro atoms. The molecule has 1 heterocycles. The van der Waals surface area contributed by atoms with Crippen molar-refractivity contribution in [2.75, 3.05) is 33.2 Å². The first-order valence-electron chi connectivity index (χ1n) is 4.84. The Kier molecular flexibility index (Phi) is 3.57. The van der Waals surface area contributed by atoms with Crippen LogP contribution in [0.25, 0.3) is 0 Å². The lowest BCUT2D eigenvalue weighted by Gasteiger charge is -2.22. The number of aromatic nitrogens is 1. The van der Waals surface area contributed by atoms with Gasteiger partial charge in [-0.1, -0.05) is 11.3 Å². The van der Waals surface area contributed by atoms with Crippen LogP contribution < -0.4 is 15.0 Å². The first-order valence-corrected chi connectivity index (χ1v) is 5.65. The summed E-state index contributed by atoms with van der Waals surface area (Å²) in [6, 6.07) is 0. The Morgan fingerprint density at radius 2 is 2.00 bits per heavy atom. The van der Waals surface area contributed by atoms with Gasteiger partial charge >= 0.3 is 0 Å². The predicted molar refractivity (Wildman–Crippen MR) is 65.1 cm³/mol. The van der Waals surface area contributed by atoms with E-state index in [1.54, 1.807) is 18.4 Å². The average molecular weight is 229 g/mol. The van der Waals surface area contributed by atoms with Gasteiger partial charge in [0.15, 0.2) is 5.13 Å². The molecule has 1 aromatic heterocycles. The summed E-state index contributed by atoms with van der Waals surface area (Å²) in [5.74, 6) is 0.711. The van der Waals surface area contributed by atoms with Crippen molar-refractivity contribution < 1.29 is 4.74 Å². The van der Waals surface area contributed by atoms with Crippen molar-refractivity contribution in [3.63, 3.8) is 0 Å². The molecular formula is C10H19N3OS. The van der Waals surface area contributed by atoms with Gasteiger partial charge in [0.25, 0.3) is 0 Å².